The van der Waals surface area contributed by atoms with Gasteiger partial charge in [-0.2, -0.15) is 0 Å². The Kier molecular flexibility index (Phi) is 5.27. The number of benzene rings is 1. The van der Waals surface area contributed by atoms with Gasteiger partial charge in [0.2, 0.25) is 11.8 Å². The van der Waals surface area contributed by atoms with Crippen molar-refractivity contribution in [3.63, 3.8) is 0 Å². The van der Waals surface area contributed by atoms with E-state index in [0.717, 1.165) is 19.4 Å². The molecule has 1 aliphatic rings. The van der Waals surface area contributed by atoms with Crippen molar-refractivity contribution in [1.82, 2.24) is 5.32 Å². The molecule has 5 nitrogen and oxygen atoms in total. The average molecular weight is 294 g/mol. The van der Waals surface area contributed by atoms with E-state index in [1.807, 2.05) is 0 Å². The van der Waals surface area contributed by atoms with Crippen LogP contribution in [-0.2, 0) is 14.3 Å². The molecule has 1 atom stereocenters. The van der Waals surface area contributed by atoms with Crippen molar-refractivity contribution in [3.05, 3.63) is 30.1 Å². The molecular formula is C15H19FN2O3. The molecule has 2 rings (SSSR count). The topological polar surface area (TPSA) is 58.6 Å². The lowest BCUT2D eigenvalue weighted by Gasteiger charge is -2.21. The minimum Gasteiger partial charge on any atom is -0.376 e. The Morgan fingerprint density at radius 3 is 2.67 bits per heavy atom. The standard InChI is InChI=1S/C15H19FN2O3/c1-11(19)18(13-6-4-12(16)5-7-13)10-15(20)17-9-14-3-2-8-21-14/h4-7,14H,2-3,8-10H2,1H3,(H,17,20). The molecule has 2 amide bonds. The van der Waals surface area contributed by atoms with Crippen LogP contribution in [0.4, 0.5) is 10.1 Å². The molecule has 114 valence electrons. The summed E-state index contributed by atoms with van der Waals surface area (Å²) >= 11 is 0. The summed E-state index contributed by atoms with van der Waals surface area (Å²) in [4.78, 5) is 24.9. The van der Waals surface area contributed by atoms with Crippen molar-refractivity contribution in [3.8, 4) is 0 Å². The second-order valence-corrected chi connectivity index (χ2v) is 5.02. The van der Waals surface area contributed by atoms with Gasteiger partial charge in [0.05, 0.1) is 6.10 Å². The van der Waals surface area contributed by atoms with E-state index in [2.05, 4.69) is 5.32 Å². The maximum absolute atomic E-state index is 12.9. The van der Waals surface area contributed by atoms with Crippen LogP contribution in [0.3, 0.4) is 0 Å². The van der Waals surface area contributed by atoms with Crippen LogP contribution in [0.2, 0.25) is 0 Å². The Morgan fingerprint density at radius 2 is 2.10 bits per heavy atom. The fourth-order valence-electron chi connectivity index (χ4n) is 2.24. The zero-order valence-corrected chi connectivity index (χ0v) is 12.0. The number of carbonyl (C=O) groups is 2. The summed E-state index contributed by atoms with van der Waals surface area (Å²) in [7, 11) is 0. The quantitative estimate of drug-likeness (QED) is 0.894. The van der Waals surface area contributed by atoms with E-state index >= 15 is 0 Å². The molecule has 0 radical (unpaired) electrons. The van der Waals surface area contributed by atoms with Gasteiger partial charge >= 0.3 is 0 Å². The van der Waals surface area contributed by atoms with Gasteiger partial charge in [0.25, 0.3) is 0 Å². The maximum atomic E-state index is 12.9. The van der Waals surface area contributed by atoms with Crippen LogP contribution in [0.15, 0.2) is 24.3 Å². The summed E-state index contributed by atoms with van der Waals surface area (Å²) in [5.41, 5.74) is 0.496. The van der Waals surface area contributed by atoms with E-state index in [1.165, 1.54) is 36.1 Å². The van der Waals surface area contributed by atoms with Crippen molar-refractivity contribution in [2.75, 3.05) is 24.6 Å². The highest BCUT2D eigenvalue weighted by Crippen LogP contribution is 2.15. The number of carbonyl (C=O) groups excluding carboxylic acids is 2. The fraction of sp³-hybridized carbons (Fsp3) is 0.467. The van der Waals surface area contributed by atoms with Crippen molar-refractivity contribution in [1.29, 1.82) is 0 Å². The molecule has 6 heteroatoms. The van der Waals surface area contributed by atoms with Gasteiger partial charge < -0.3 is 15.0 Å². The molecule has 0 spiro atoms. The lowest BCUT2D eigenvalue weighted by atomic mass is 10.2. The highest BCUT2D eigenvalue weighted by molar-refractivity contribution is 5.97. The van der Waals surface area contributed by atoms with Gasteiger partial charge in [-0.25, -0.2) is 4.39 Å². The van der Waals surface area contributed by atoms with Gasteiger partial charge in [-0.3, -0.25) is 9.59 Å². The lowest BCUT2D eigenvalue weighted by molar-refractivity contribution is -0.123. The first kappa shape index (κ1) is 15.4. The Labute approximate surface area is 123 Å². The van der Waals surface area contributed by atoms with E-state index in [4.69, 9.17) is 4.74 Å². The smallest absolute Gasteiger partial charge is 0.240 e. The van der Waals surface area contributed by atoms with Crippen LogP contribution in [0.1, 0.15) is 19.8 Å². The van der Waals surface area contributed by atoms with Gasteiger partial charge in [0, 0.05) is 25.8 Å². The molecular weight excluding hydrogens is 275 g/mol. The Bertz CT molecular complexity index is 498. The van der Waals surface area contributed by atoms with Crippen LogP contribution >= 0.6 is 0 Å². The van der Waals surface area contributed by atoms with Crippen molar-refractivity contribution < 1.29 is 18.7 Å². The second kappa shape index (κ2) is 7.17. The number of nitrogens with one attached hydrogen (secondary N) is 1. The first-order valence-corrected chi connectivity index (χ1v) is 6.98. The molecule has 21 heavy (non-hydrogen) atoms. The number of anilines is 1. The second-order valence-electron chi connectivity index (χ2n) is 5.02. The summed E-state index contributed by atoms with van der Waals surface area (Å²) in [5, 5.41) is 2.76. The van der Waals surface area contributed by atoms with Crippen LogP contribution in [-0.4, -0.2) is 37.6 Å². The van der Waals surface area contributed by atoms with Gasteiger partial charge in [0.1, 0.15) is 12.4 Å². The molecule has 1 aromatic carbocycles. The van der Waals surface area contributed by atoms with Crippen molar-refractivity contribution in [2.45, 2.75) is 25.9 Å². The van der Waals surface area contributed by atoms with Gasteiger partial charge in [-0.15, -0.1) is 0 Å². The number of nitrogens with zero attached hydrogens (tertiary/aromatic N) is 1. The molecule has 1 heterocycles. The zero-order valence-electron chi connectivity index (χ0n) is 12.0. The van der Waals surface area contributed by atoms with Crippen LogP contribution in [0, 0.1) is 5.82 Å². The molecule has 0 saturated carbocycles. The van der Waals surface area contributed by atoms with E-state index in [9.17, 15) is 14.0 Å². The number of halogens is 1. The van der Waals surface area contributed by atoms with Crippen molar-refractivity contribution in [2.24, 2.45) is 0 Å². The van der Waals surface area contributed by atoms with Gasteiger partial charge in [-0.05, 0) is 37.1 Å². The first-order chi connectivity index (χ1) is 10.1. The molecule has 1 N–H and O–H groups in total. The molecule has 1 fully saturated rings. The predicted octanol–water partition coefficient (Wildman–Crippen LogP) is 1.47. The highest BCUT2D eigenvalue weighted by atomic mass is 19.1. The third-order valence-corrected chi connectivity index (χ3v) is 3.37. The largest absolute Gasteiger partial charge is 0.376 e. The summed E-state index contributed by atoms with van der Waals surface area (Å²) in [6, 6.07) is 5.47. The average Bonchev–Trinajstić information content (AvgIpc) is 2.97. The molecule has 0 aromatic heterocycles. The number of amides is 2. The maximum Gasteiger partial charge on any atom is 0.240 e. The molecule has 1 aromatic rings. The third-order valence-electron chi connectivity index (χ3n) is 3.37. The number of ether oxygens (including phenoxy) is 1. The Balaban J connectivity index is 1.91. The van der Waals surface area contributed by atoms with Gasteiger partial charge in [0.15, 0.2) is 0 Å². The number of hydrogen-bond acceptors (Lipinski definition) is 3. The van der Waals surface area contributed by atoms with Crippen molar-refractivity contribution >= 4 is 17.5 Å². The molecule has 1 aliphatic heterocycles. The van der Waals surface area contributed by atoms with E-state index in [0.29, 0.717) is 12.2 Å². The van der Waals surface area contributed by atoms with Gasteiger partial charge in [-0.1, -0.05) is 0 Å². The zero-order chi connectivity index (χ0) is 15.2. The molecule has 1 saturated heterocycles. The Morgan fingerprint density at radius 1 is 1.38 bits per heavy atom. The minimum absolute atomic E-state index is 0.0607. The fourth-order valence-corrected chi connectivity index (χ4v) is 2.24. The van der Waals surface area contributed by atoms with E-state index in [-0.39, 0.29) is 30.3 Å². The monoisotopic (exact) mass is 294 g/mol. The summed E-state index contributed by atoms with van der Waals surface area (Å²) in [6.07, 6.45) is 2.01. The minimum atomic E-state index is -0.384. The van der Waals surface area contributed by atoms with Crippen LogP contribution < -0.4 is 10.2 Å². The molecule has 1 unspecified atom stereocenters. The third kappa shape index (κ3) is 4.53. The normalized spacial score (nSPS) is 17.5. The number of hydrogen-bond donors (Lipinski definition) is 1. The lowest BCUT2D eigenvalue weighted by Crippen LogP contribution is -2.42. The van der Waals surface area contributed by atoms with Crippen LogP contribution in [0.25, 0.3) is 0 Å². The molecule has 0 aliphatic carbocycles. The van der Waals surface area contributed by atoms with E-state index < -0.39 is 0 Å². The molecule has 0 bridgehead atoms. The summed E-state index contributed by atoms with van der Waals surface area (Å²) in [6.45, 7) is 2.47. The SMILES string of the molecule is CC(=O)N(CC(=O)NCC1CCCO1)c1ccc(F)cc1. The number of rotatable bonds is 5. The first-order valence-electron chi connectivity index (χ1n) is 6.98. The summed E-state index contributed by atoms with van der Waals surface area (Å²) < 4.78 is 18.3. The van der Waals surface area contributed by atoms with Crippen LogP contribution in [0.5, 0.6) is 0 Å². The van der Waals surface area contributed by atoms with E-state index in [1.54, 1.807) is 0 Å². The summed E-state index contributed by atoms with van der Waals surface area (Å²) in [5.74, 6) is -0.913. The Hall–Kier alpha value is -1.95. The predicted molar refractivity (Wildman–Crippen MR) is 76.4 cm³/mol. The highest BCUT2D eigenvalue weighted by Gasteiger charge is 2.19.